The average molecular weight is 267 g/mol. The van der Waals surface area contributed by atoms with Crippen molar-refractivity contribution in [3.8, 4) is 11.1 Å². The number of rotatable bonds is 3. The Morgan fingerprint density at radius 2 is 1.95 bits per heavy atom. The molecule has 0 fully saturated rings. The van der Waals surface area contributed by atoms with E-state index in [0.717, 1.165) is 22.3 Å². The molecule has 3 heterocycles. The van der Waals surface area contributed by atoms with Crippen LogP contribution in [0.1, 0.15) is 19.5 Å². The first-order valence-corrected chi connectivity index (χ1v) is 6.67. The fourth-order valence-corrected chi connectivity index (χ4v) is 2.23. The highest BCUT2D eigenvalue weighted by molar-refractivity contribution is 5.81. The van der Waals surface area contributed by atoms with Crippen LogP contribution in [-0.4, -0.2) is 25.6 Å². The zero-order valence-electron chi connectivity index (χ0n) is 11.8. The first kappa shape index (κ1) is 12.6. The van der Waals surface area contributed by atoms with Crippen LogP contribution < -0.4 is 5.32 Å². The van der Waals surface area contributed by atoms with Crippen molar-refractivity contribution in [2.24, 2.45) is 0 Å². The van der Waals surface area contributed by atoms with Gasteiger partial charge in [-0.1, -0.05) is 0 Å². The second-order valence-electron chi connectivity index (χ2n) is 5.11. The van der Waals surface area contributed by atoms with Gasteiger partial charge >= 0.3 is 0 Å². The number of pyridine rings is 1. The molecule has 3 rings (SSSR count). The zero-order valence-corrected chi connectivity index (χ0v) is 11.8. The van der Waals surface area contributed by atoms with Crippen LogP contribution in [0.15, 0.2) is 36.8 Å². The Balaban J connectivity index is 2.13. The van der Waals surface area contributed by atoms with Gasteiger partial charge in [-0.3, -0.25) is 4.98 Å². The van der Waals surface area contributed by atoms with Crippen molar-refractivity contribution in [3.63, 3.8) is 0 Å². The van der Waals surface area contributed by atoms with Crippen molar-refractivity contribution >= 4 is 11.5 Å². The highest BCUT2D eigenvalue weighted by atomic mass is 15.3. The SMILES string of the molecule is Cc1cc(-c2ccncc2)c2cnc(NC(C)C)nn12. The van der Waals surface area contributed by atoms with E-state index in [1.54, 1.807) is 12.4 Å². The summed E-state index contributed by atoms with van der Waals surface area (Å²) in [4.78, 5) is 8.44. The summed E-state index contributed by atoms with van der Waals surface area (Å²) in [5.74, 6) is 0.646. The van der Waals surface area contributed by atoms with E-state index >= 15 is 0 Å². The summed E-state index contributed by atoms with van der Waals surface area (Å²) < 4.78 is 1.92. The molecule has 5 heteroatoms. The average Bonchev–Trinajstić information content (AvgIpc) is 2.76. The van der Waals surface area contributed by atoms with Crippen LogP contribution in [0.5, 0.6) is 0 Å². The third-order valence-electron chi connectivity index (χ3n) is 3.10. The van der Waals surface area contributed by atoms with Gasteiger partial charge in [-0.2, -0.15) is 0 Å². The molecule has 0 atom stereocenters. The highest BCUT2D eigenvalue weighted by Gasteiger charge is 2.11. The molecule has 1 N–H and O–H groups in total. The van der Waals surface area contributed by atoms with Gasteiger partial charge in [0.25, 0.3) is 0 Å². The summed E-state index contributed by atoms with van der Waals surface area (Å²) in [5.41, 5.74) is 4.34. The van der Waals surface area contributed by atoms with Gasteiger partial charge in [0.05, 0.1) is 11.7 Å². The van der Waals surface area contributed by atoms with E-state index in [4.69, 9.17) is 0 Å². The molecule has 3 aromatic rings. The van der Waals surface area contributed by atoms with Crippen molar-refractivity contribution < 1.29 is 0 Å². The van der Waals surface area contributed by atoms with Gasteiger partial charge in [0.15, 0.2) is 0 Å². The first-order valence-electron chi connectivity index (χ1n) is 6.67. The monoisotopic (exact) mass is 267 g/mol. The number of aromatic nitrogens is 4. The van der Waals surface area contributed by atoms with E-state index in [9.17, 15) is 0 Å². The third-order valence-corrected chi connectivity index (χ3v) is 3.10. The van der Waals surface area contributed by atoms with E-state index in [2.05, 4.69) is 40.3 Å². The van der Waals surface area contributed by atoms with Crippen LogP contribution in [-0.2, 0) is 0 Å². The van der Waals surface area contributed by atoms with Crippen LogP contribution >= 0.6 is 0 Å². The van der Waals surface area contributed by atoms with E-state index in [1.807, 2.05) is 29.8 Å². The number of hydrogen-bond donors (Lipinski definition) is 1. The lowest BCUT2D eigenvalue weighted by Crippen LogP contribution is -2.14. The van der Waals surface area contributed by atoms with Crippen molar-refractivity contribution in [3.05, 3.63) is 42.5 Å². The maximum atomic E-state index is 4.54. The van der Waals surface area contributed by atoms with Gasteiger partial charge in [0.1, 0.15) is 0 Å². The molecular formula is C15H17N5. The minimum Gasteiger partial charge on any atom is -0.351 e. The molecule has 0 spiro atoms. The Labute approximate surface area is 117 Å². The van der Waals surface area contributed by atoms with Gasteiger partial charge < -0.3 is 5.32 Å². The van der Waals surface area contributed by atoms with Gasteiger partial charge in [-0.25, -0.2) is 9.50 Å². The van der Waals surface area contributed by atoms with E-state index in [0.29, 0.717) is 12.0 Å². The molecule has 0 aliphatic heterocycles. The number of nitrogens with zero attached hydrogens (tertiary/aromatic N) is 4. The van der Waals surface area contributed by atoms with Crippen LogP contribution in [0.25, 0.3) is 16.6 Å². The standard InChI is InChI=1S/C15H17N5/c1-10(2)18-15-17-9-14-13(8-11(3)20(14)19-15)12-4-6-16-7-5-12/h4-10H,1-3H3,(H,18,19). The minimum absolute atomic E-state index is 0.308. The Bertz CT molecular complexity index is 731. The number of fused-ring (bicyclic) bond motifs is 1. The topological polar surface area (TPSA) is 55.1 Å². The summed E-state index contributed by atoms with van der Waals surface area (Å²) in [6.07, 6.45) is 5.45. The Kier molecular flexibility index (Phi) is 3.10. The molecule has 0 unspecified atom stereocenters. The Morgan fingerprint density at radius 1 is 1.20 bits per heavy atom. The molecule has 3 aromatic heterocycles. The van der Waals surface area contributed by atoms with E-state index in [1.165, 1.54) is 0 Å². The molecule has 0 saturated heterocycles. The smallest absolute Gasteiger partial charge is 0.241 e. The van der Waals surface area contributed by atoms with Crippen LogP contribution in [0.4, 0.5) is 5.95 Å². The Hall–Kier alpha value is -2.43. The fourth-order valence-electron chi connectivity index (χ4n) is 2.23. The van der Waals surface area contributed by atoms with Crippen molar-refractivity contribution in [1.29, 1.82) is 0 Å². The number of nitrogens with one attached hydrogen (secondary N) is 1. The van der Waals surface area contributed by atoms with Crippen molar-refractivity contribution in [2.75, 3.05) is 5.32 Å². The molecule has 0 radical (unpaired) electrons. The maximum Gasteiger partial charge on any atom is 0.241 e. The molecular weight excluding hydrogens is 250 g/mol. The molecule has 0 saturated carbocycles. The molecule has 0 aliphatic carbocycles. The lowest BCUT2D eigenvalue weighted by Gasteiger charge is -2.08. The highest BCUT2D eigenvalue weighted by Crippen LogP contribution is 2.26. The molecule has 0 aromatic carbocycles. The molecule has 5 nitrogen and oxygen atoms in total. The maximum absolute atomic E-state index is 4.54. The number of aryl methyl sites for hydroxylation is 1. The summed E-state index contributed by atoms with van der Waals surface area (Å²) in [6.45, 7) is 6.18. The zero-order chi connectivity index (χ0) is 14.1. The lowest BCUT2D eigenvalue weighted by molar-refractivity contribution is 0.822. The largest absolute Gasteiger partial charge is 0.351 e. The van der Waals surface area contributed by atoms with Gasteiger partial charge in [-0.05, 0) is 44.5 Å². The first-order chi connectivity index (χ1) is 9.65. The molecule has 0 amide bonds. The molecule has 20 heavy (non-hydrogen) atoms. The van der Waals surface area contributed by atoms with Crippen LogP contribution in [0.3, 0.4) is 0 Å². The summed E-state index contributed by atoms with van der Waals surface area (Å²) in [7, 11) is 0. The quantitative estimate of drug-likeness (QED) is 0.792. The third kappa shape index (κ3) is 2.22. The number of hydrogen-bond acceptors (Lipinski definition) is 4. The second kappa shape index (κ2) is 4.92. The Morgan fingerprint density at radius 3 is 2.65 bits per heavy atom. The van der Waals surface area contributed by atoms with Crippen molar-refractivity contribution in [2.45, 2.75) is 26.8 Å². The molecule has 0 aliphatic rings. The predicted molar refractivity (Wildman–Crippen MR) is 79.7 cm³/mol. The predicted octanol–water partition coefficient (Wildman–Crippen LogP) is 2.92. The van der Waals surface area contributed by atoms with Crippen LogP contribution in [0.2, 0.25) is 0 Å². The van der Waals surface area contributed by atoms with Crippen LogP contribution in [0, 0.1) is 6.92 Å². The molecule has 102 valence electrons. The van der Waals surface area contributed by atoms with Crippen molar-refractivity contribution in [1.82, 2.24) is 19.6 Å². The van der Waals surface area contributed by atoms with Gasteiger partial charge in [-0.15, -0.1) is 5.10 Å². The summed E-state index contributed by atoms with van der Waals surface area (Å²) in [6, 6.07) is 6.42. The minimum atomic E-state index is 0.308. The second-order valence-corrected chi connectivity index (χ2v) is 5.11. The van der Waals surface area contributed by atoms with Gasteiger partial charge in [0.2, 0.25) is 5.95 Å². The molecule has 0 bridgehead atoms. The number of anilines is 1. The van der Waals surface area contributed by atoms with Gasteiger partial charge in [0, 0.05) is 29.7 Å². The summed E-state index contributed by atoms with van der Waals surface area (Å²) in [5, 5.41) is 7.76. The summed E-state index contributed by atoms with van der Waals surface area (Å²) >= 11 is 0. The normalized spacial score (nSPS) is 11.2. The van der Waals surface area contributed by atoms with E-state index in [-0.39, 0.29) is 0 Å². The fraction of sp³-hybridized carbons (Fsp3) is 0.267. The van der Waals surface area contributed by atoms with E-state index < -0.39 is 0 Å². The lowest BCUT2D eigenvalue weighted by atomic mass is 10.1.